The number of halogens is 1. The molecule has 1 aromatic carbocycles. The third-order valence-corrected chi connectivity index (χ3v) is 6.47. The number of benzene rings is 1. The summed E-state index contributed by atoms with van der Waals surface area (Å²) in [6, 6.07) is 6.49. The van der Waals surface area contributed by atoms with E-state index in [9.17, 15) is 8.42 Å². The Balaban J connectivity index is 1.81. The fraction of sp³-hybridized carbons (Fsp3) is 0.368. The van der Waals surface area contributed by atoms with E-state index < -0.39 is 10.0 Å². The fourth-order valence-corrected chi connectivity index (χ4v) is 4.30. The molecule has 0 saturated heterocycles. The molecular weight excluding hydrogens is 442 g/mol. The van der Waals surface area contributed by atoms with Crippen LogP contribution in [0.2, 0.25) is 0 Å². The van der Waals surface area contributed by atoms with Gasteiger partial charge in [-0.2, -0.15) is 4.98 Å². The molecule has 7 nitrogen and oxygen atoms in total. The van der Waals surface area contributed by atoms with E-state index in [0.717, 1.165) is 29.1 Å². The van der Waals surface area contributed by atoms with Crippen LogP contribution < -0.4 is 15.4 Å². The van der Waals surface area contributed by atoms with E-state index >= 15 is 0 Å². The molecule has 1 aliphatic rings. The highest BCUT2D eigenvalue weighted by Crippen LogP contribution is 2.33. The molecule has 0 spiro atoms. The number of nitrogens with one attached hydrogen (secondary N) is 1. The van der Waals surface area contributed by atoms with Crippen LogP contribution in [-0.2, 0) is 10.0 Å². The number of nitrogens with two attached hydrogens (primary N) is 1. The van der Waals surface area contributed by atoms with Crippen molar-refractivity contribution >= 4 is 43.4 Å². The first-order valence-corrected chi connectivity index (χ1v) is 11.4. The zero-order valence-electron chi connectivity index (χ0n) is 15.7. The van der Waals surface area contributed by atoms with E-state index in [-0.39, 0.29) is 4.90 Å². The number of anilines is 3. The zero-order chi connectivity index (χ0) is 20.3. The molecule has 0 radical (unpaired) electrons. The van der Waals surface area contributed by atoms with E-state index in [0.29, 0.717) is 17.7 Å². The molecule has 1 aliphatic carbocycles. The third kappa shape index (κ3) is 4.89. The Morgan fingerprint density at radius 1 is 1.25 bits per heavy atom. The molecule has 1 fully saturated rings. The maximum Gasteiger partial charge on any atom is 0.238 e. The Bertz CT molecular complexity index is 941. The van der Waals surface area contributed by atoms with Gasteiger partial charge in [0, 0.05) is 17.9 Å². The second kappa shape index (κ2) is 8.59. The van der Waals surface area contributed by atoms with E-state index in [1.165, 1.54) is 25.0 Å². The molecule has 28 heavy (non-hydrogen) atoms. The van der Waals surface area contributed by atoms with Crippen molar-refractivity contribution in [1.82, 2.24) is 9.97 Å². The van der Waals surface area contributed by atoms with Crippen molar-refractivity contribution in [2.75, 3.05) is 10.2 Å². The predicted molar refractivity (Wildman–Crippen MR) is 115 cm³/mol. The Morgan fingerprint density at radius 2 is 1.89 bits per heavy atom. The van der Waals surface area contributed by atoms with Gasteiger partial charge in [-0.3, -0.25) is 0 Å². The van der Waals surface area contributed by atoms with E-state index in [1.807, 2.05) is 6.20 Å². The number of hydrogen-bond donors (Lipinski definition) is 2. The van der Waals surface area contributed by atoms with Crippen molar-refractivity contribution in [1.29, 1.82) is 0 Å². The van der Waals surface area contributed by atoms with Crippen LogP contribution in [-0.4, -0.2) is 24.4 Å². The number of hydrogen-bond acceptors (Lipinski definition) is 6. The van der Waals surface area contributed by atoms with Gasteiger partial charge >= 0.3 is 0 Å². The fourth-order valence-electron chi connectivity index (χ4n) is 3.39. The Hall–Kier alpha value is -1.97. The number of primary sulfonamides is 1. The number of rotatable bonds is 6. The summed E-state index contributed by atoms with van der Waals surface area (Å²) in [5.41, 5.74) is 0.664. The summed E-state index contributed by atoms with van der Waals surface area (Å²) < 4.78 is 23.5. The minimum Gasteiger partial charge on any atom is -0.329 e. The van der Waals surface area contributed by atoms with Gasteiger partial charge < -0.3 is 10.2 Å². The van der Waals surface area contributed by atoms with Crippen molar-refractivity contribution < 1.29 is 8.42 Å². The molecule has 2 aromatic rings. The average molecular weight is 466 g/mol. The van der Waals surface area contributed by atoms with Crippen LogP contribution in [0.4, 0.5) is 17.5 Å². The summed E-state index contributed by atoms with van der Waals surface area (Å²) in [6.07, 6.45) is 8.10. The molecule has 0 bridgehead atoms. The molecule has 9 heteroatoms. The van der Waals surface area contributed by atoms with Gasteiger partial charge in [-0.15, -0.1) is 0 Å². The quantitative estimate of drug-likeness (QED) is 0.663. The maximum absolute atomic E-state index is 11.4. The van der Waals surface area contributed by atoms with Crippen LogP contribution in [0, 0.1) is 5.92 Å². The molecule has 0 unspecified atom stereocenters. The highest BCUT2D eigenvalue weighted by Gasteiger charge is 2.25. The van der Waals surface area contributed by atoms with Crippen LogP contribution in [0.25, 0.3) is 0 Å². The highest BCUT2D eigenvalue weighted by atomic mass is 79.9. The minimum atomic E-state index is -3.72. The van der Waals surface area contributed by atoms with Gasteiger partial charge in [0.1, 0.15) is 0 Å². The van der Waals surface area contributed by atoms with Gasteiger partial charge in [-0.25, -0.2) is 18.5 Å². The van der Waals surface area contributed by atoms with Crippen LogP contribution in [0.15, 0.2) is 52.6 Å². The monoisotopic (exact) mass is 465 g/mol. The van der Waals surface area contributed by atoms with Gasteiger partial charge in [-0.1, -0.05) is 13.5 Å². The lowest BCUT2D eigenvalue weighted by molar-refractivity contribution is 0.343. The number of sulfonamides is 1. The summed E-state index contributed by atoms with van der Waals surface area (Å²) in [6.45, 7) is 6.26. The Kier molecular flexibility index (Phi) is 6.36. The van der Waals surface area contributed by atoms with Crippen LogP contribution in [0.3, 0.4) is 0 Å². The zero-order valence-corrected chi connectivity index (χ0v) is 18.1. The highest BCUT2D eigenvalue weighted by molar-refractivity contribution is 9.10. The summed E-state index contributed by atoms with van der Waals surface area (Å²) >= 11 is 3.54. The van der Waals surface area contributed by atoms with E-state index in [1.54, 1.807) is 18.3 Å². The average Bonchev–Trinajstić information content (AvgIpc) is 2.66. The molecule has 0 amide bonds. The number of nitrogens with zero attached hydrogens (tertiary/aromatic N) is 3. The topological polar surface area (TPSA) is 101 Å². The third-order valence-electron chi connectivity index (χ3n) is 4.98. The summed E-state index contributed by atoms with van der Waals surface area (Å²) in [5.74, 6) is 1.93. The van der Waals surface area contributed by atoms with Gasteiger partial charge in [0.05, 0.1) is 9.37 Å². The first-order valence-electron chi connectivity index (χ1n) is 9.11. The van der Waals surface area contributed by atoms with Crippen LogP contribution >= 0.6 is 15.9 Å². The molecule has 0 aliphatic heterocycles. The van der Waals surface area contributed by atoms with Crippen molar-refractivity contribution in [3.05, 3.63) is 47.7 Å². The smallest absolute Gasteiger partial charge is 0.238 e. The van der Waals surface area contributed by atoms with Crippen molar-refractivity contribution in [2.24, 2.45) is 11.1 Å². The molecule has 1 heterocycles. The van der Waals surface area contributed by atoms with Crippen molar-refractivity contribution in [2.45, 2.75) is 43.5 Å². The first-order chi connectivity index (χ1) is 13.3. The molecular formula is C19H24BrN5O2S. The molecule has 1 aromatic heterocycles. The number of aromatic nitrogens is 2. The predicted octanol–water partition coefficient (Wildman–Crippen LogP) is 4.16. The largest absolute Gasteiger partial charge is 0.329 e. The summed E-state index contributed by atoms with van der Waals surface area (Å²) in [5, 5.41) is 8.23. The molecule has 1 saturated carbocycles. The summed E-state index contributed by atoms with van der Waals surface area (Å²) in [7, 11) is -3.72. The summed E-state index contributed by atoms with van der Waals surface area (Å²) in [4.78, 5) is 11.1. The first kappa shape index (κ1) is 20.8. The van der Waals surface area contributed by atoms with Crippen LogP contribution in [0.5, 0.6) is 0 Å². The lowest BCUT2D eigenvalue weighted by Gasteiger charge is -2.35. The van der Waals surface area contributed by atoms with Gasteiger partial charge in [0.15, 0.2) is 5.82 Å². The normalized spacial score (nSPS) is 19.8. The second-order valence-corrected chi connectivity index (χ2v) is 9.48. The molecule has 0 atom stereocenters. The lowest BCUT2D eigenvalue weighted by Crippen LogP contribution is -2.34. The Morgan fingerprint density at radius 3 is 2.46 bits per heavy atom. The van der Waals surface area contributed by atoms with Gasteiger partial charge in [-0.05, 0) is 78.0 Å². The minimum absolute atomic E-state index is 0.0554. The van der Waals surface area contributed by atoms with Gasteiger partial charge in [0.25, 0.3) is 0 Å². The van der Waals surface area contributed by atoms with Crippen molar-refractivity contribution in [3.8, 4) is 0 Å². The molecule has 3 rings (SSSR count). The Labute approximate surface area is 174 Å². The lowest BCUT2D eigenvalue weighted by atomic mass is 9.87. The van der Waals surface area contributed by atoms with E-state index in [2.05, 4.69) is 49.6 Å². The molecule has 150 valence electrons. The van der Waals surface area contributed by atoms with E-state index in [4.69, 9.17) is 5.14 Å². The van der Waals surface area contributed by atoms with Crippen molar-refractivity contribution in [3.63, 3.8) is 0 Å². The SMILES string of the molecule is C=CN(c1nc(Nc2ccc(S(N)(=O)=O)cc2)ncc1Br)C1CCC(C)CC1. The standard InChI is InChI=1S/C19H24BrN5O2S/c1-3-25(15-8-4-13(2)5-9-15)18-17(20)12-22-19(24-18)23-14-6-10-16(11-7-14)28(21,26)27/h3,6-7,10-13,15H,1,4-5,8-9H2,2H3,(H2,21,26,27)(H,22,23,24). The molecule has 3 N–H and O–H groups in total. The second-order valence-electron chi connectivity index (χ2n) is 7.06. The maximum atomic E-state index is 11.4. The van der Waals surface area contributed by atoms with Crippen LogP contribution in [0.1, 0.15) is 32.6 Å². The van der Waals surface area contributed by atoms with Gasteiger partial charge in [0.2, 0.25) is 16.0 Å².